The maximum Gasteiger partial charge on any atom is 0.377 e. The minimum atomic E-state index is -0.933. The second kappa shape index (κ2) is 11.8. The molecule has 0 fully saturated rings. The Morgan fingerprint density at radius 1 is 1.00 bits per heavy atom. The lowest BCUT2D eigenvalue weighted by Gasteiger charge is -2.22. The number of rotatable bonds is 9. The third-order valence-electron chi connectivity index (χ3n) is 4.22. The molecule has 0 aliphatic heterocycles. The Bertz CT molecular complexity index is 1050. The topological polar surface area (TPSA) is 97.4 Å². The molecule has 182 valence electrons. The van der Waals surface area contributed by atoms with Gasteiger partial charge in [0, 0.05) is 5.56 Å². The summed E-state index contributed by atoms with van der Waals surface area (Å²) in [7, 11) is 2.41. The summed E-state index contributed by atoms with van der Waals surface area (Å²) >= 11 is 0. The molecule has 0 unspecified atom stereocenters. The van der Waals surface area contributed by atoms with E-state index in [-0.39, 0.29) is 23.3 Å². The summed E-state index contributed by atoms with van der Waals surface area (Å²) in [6, 6.07) is 11.0. The van der Waals surface area contributed by atoms with Crippen LogP contribution in [0.15, 0.2) is 54.5 Å². The number of benzene rings is 2. The largest absolute Gasteiger partial charge is 0.500 e. The predicted octanol–water partition coefficient (Wildman–Crippen LogP) is 4.11. The van der Waals surface area contributed by atoms with Crippen LogP contribution in [0.5, 0.6) is 5.75 Å². The van der Waals surface area contributed by atoms with E-state index in [1.165, 1.54) is 7.11 Å². The van der Waals surface area contributed by atoms with Crippen LogP contribution < -0.4 is 4.74 Å². The van der Waals surface area contributed by atoms with Gasteiger partial charge in [0.15, 0.2) is 0 Å². The molecule has 8 nitrogen and oxygen atoms in total. The zero-order valence-electron chi connectivity index (χ0n) is 19.7. The van der Waals surface area contributed by atoms with Crippen LogP contribution in [0.25, 0.3) is 0 Å². The average Bonchev–Trinajstić information content (AvgIpc) is 2.77. The van der Waals surface area contributed by atoms with Crippen LogP contribution in [-0.2, 0) is 41.6 Å². The van der Waals surface area contributed by atoms with Gasteiger partial charge < -0.3 is 23.7 Å². The fourth-order valence-electron chi connectivity index (χ4n) is 2.79. The first kappa shape index (κ1) is 26.4. The Morgan fingerprint density at radius 2 is 1.68 bits per heavy atom. The van der Waals surface area contributed by atoms with E-state index in [1.54, 1.807) is 45.0 Å². The maximum atomic E-state index is 14.8. The first-order valence-corrected chi connectivity index (χ1v) is 10.3. The van der Waals surface area contributed by atoms with Crippen molar-refractivity contribution in [2.24, 2.45) is 0 Å². The monoisotopic (exact) mass is 474 g/mol. The maximum absolute atomic E-state index is 14.8. The highest BCUT2D eigenvalue weighted by Crippen LogP contribution is 2.30. The fraction of sp³-hybridized carbons (Fsp3) is 0.320. The van der Waals surface area contributed by atoms with E-state index in [1.807, 2.05) is 6.07 Å². The zero-order chi connectivity index (χ0) is 25.3. The Kier molecular flexibility index (Phi) is 9.18. The van der Waals surface area contributed by atoms with Gasteiger partial charge >= 0.3 is 17.9 Å². The van der Waals surface area contributed by atoms with Crippen LogP contribution >= 0.6 is 0 Å². The van der Waals surface area contributed by atoms with E-state index >= 15 is 0 Å². The van der Waals surface area contributed by atoms with Crippen LogP contribution in [-0.4, -0.2) is 37.7 Å². The lowest BCUT2D eigenvalue weighted by molar-refractivity contribution is -0.144. The smallest absolute Gasteiger partial charge is 0.377 e. The molecule has 0 radical (unpaired) electrons. The van der Waals surface area contributed by atoms with E-state index in [0.29, 0.717) is 5.56 Å². The molecule has 0 bridgehead atoms. The summed E-state index contributed by atoms with van der Waals surface area (Å²) in [5.41, 5.74) is -0.817. The number of methoxy groups -OCH3 is 2. The number of esters is 3. The Morgan fingerprint density at radius 3 is 2.26 bits per heavy atom. The first-order valence-electron chi connectivity index (χ1n) is 10.3. The number of ether oxygens (including phenoxy) is 5. The Labute approximate surface area is 197 Å². The van der Waals surface area contributed by atoms with Crippen LogP contribution in [0.2, 0.25) is 0 Å². The highest BCUT2D eigenvalue weighted by Gasteiger charge is 2.29. The minimum absolute atomic E-state index is 0.0382. The van der Waals surface area contributed by atoms with Crippen molar-refractivity contribution in [1.29, 1.82) is 0 Å². The quantitative estimate of drug-likeness (QED) is 0.232. The lowest BCUT2D eigenvalue weighted by Crippen LogP contribution is -2.26. The summed E-state index contributed by atoms with van der Waals surface area (Å²) in [4.78, 5) is 37.3. The second-order valence-corrected chi connectivity index (χ2v) is 8.04. The molecule has 2 rings (SSSR count). The standard InChI is InChI=1S/C25H27FO8/c1-25(2,3)34-24(29)22-17(14-32-21(27)13-16-9-7-6-8-10-16)18(26)11-12-19(22)33-20(15-30-4)23(28)31-5/h6-12,15H,13-14H2,1-5H3. The summed E-state index contributed by atoms with van der Waals surface area (Å²) < 4.78 is 40.4. The third kappa shape index (κ3) is 7.61. The molecule has 2 aromatic rings. The molecule has 0 heterocycles. The minimum Gasteiger partial charge on any atom is -0.500 e. The van der Waals surface area contributed by atoms with Gasteiger partial charge in [0.05, 0.1) is 20.6 Å². The fourth-order valence-corrected chi connectivity index (χ4v) is 2.79. The van der Waals surface area contributed by atoms with E-state index in [0.717, 1.165) is 25.5 Å². The molecule has 0 aliphatic rings. The van der Waals surface area contributed by atoms with Crippen molar-refractivity contribution >= 4 is 17.9 Å². The van der Waals surface area contributed by atoms with Gasteiger partial charge in [-0.1, -0.05) is 30.3 Å². The van der Waals surface area contributed by atoms with Crippen LogP contribution in [0, 0.1) is 5.82 Å². The van der Waals surface area contributed by atoms with Crippen molar-refractivity contribution in [3.05, 3.63) is 77.0 Å². The van der Waals surface area contributed by atoms with Crippen molar-refractivity contribution in [3.63, 3.8) is 0 Å². The van der Waals surface area contributed by atoms with Crippen molar-refractivity contribution in [2.75, 3.05) is 14.2 Å². The molecule has 0 N–H and O–H groups in total. The average molecular weight is 474 g/mol. The first-order chi connectivity index (χ1) is 16.1. The van der Waals surface area contributed by atoms with Gasteiger partial charge in [-0.25, -0.2) is 14.0 Å². The molecular weight excluding hydrogens is 447 g/mol. The number of halogens is 1. The molecule has 0 aromatic heterocycles. The highest BCUT2D eigenvalue weighted by atomic mass is 19.1. The molecule has 9 heteroatoms. The summed E-state index contributed by atoms with van der Waals surface area (Å²) in [6.07, 6.45) is 0.928. The summed E-state index contributed by atoms with van der Waals surface area (Å²) in [5.74, 6) is -3.88. The van der Waals surface area contributed by atoms with Gasteiger partial charge in [0.2, 0.25) is 5.76 Å². The second-order valence-electron chi connectivity index (χ2n) is 8.04. The van der Waals surface area contributed by atoms with Crippen molar-refractivity contribution < 1.29 is 42.5 Å². The van der Waals surface area contributed by atoms with Crippen LogP contribution in [0.4, 0.5) is 4.39 Å². The molecule has 0 amide bonds. The van der Waals surface area contributed by atoms with Crippen molar-refractivity contribution in [3.8, 4) is 5.75 Å². The molecule has 2 aromatic carbocycles. The van der Waals surface area contributed by atoms with Gasteiger partial charge in [0.1, 0.15) is 35.6 Å². The van der Waals surface area contributed by atoms with Crippen LogP contribution in [0.1, 0.15) is 42.3 Å². The molecule has 0 saturated carbocycles. The Balaban J connectivity index is 2.42. The number of carbonyl (C=O) groups is 3. The van der Waals surface area contributed by atoms with Crippen LogP contribution in [0.3, 0.4) is 0 Å². The molecular formula is C25H27FO8. The van der Waals surface area contributed by atoms with Crippen molar-refractivity contribution in [1.82, 2.24) is 0 Å². The van der Waals surface area contributed by atoms with E-state index < -0.39 is 41.7 Å². The molecule has 0 atom stereocenters. The Hall–Kier alpha value is -3.88. The van der Waals surface area contributed by atoms with E-state index in [2.05, 4.69) is 4.74 Å². The van der Waals surface area contributed by atoms with Gasteiger partial charge in [-0.15, -0.1) is 0 Å². The molecule has 0 spiro atoms. The van der Waals surface area contributed by atoms with Gasteiger partial charge in [0.25, 0.3) is 0 Å². The highest BCUT2D eigenvalue weighted by molar-refractivity contribution is 5.95. The van der Waals surface area contributed by atoms with Gasteiger partial charge in [-0.05, 0) is 38.5 Å². The molecule has 34 heavy (non-hydrogen) atoms. The van der Waals surface area contributed by atoms with E-state index in [4.69, 9.17) is 18.9 Å². The number of carbonyl (C=O) groups excluding carboxylic acids is 3. The van der Waals surface area contributed by atoms with Gasteiger partial charge in [-0.3, -0.25) is 4.79 Å². The molecule has 0 aliphatic carbocycles. The normalized spacial score (nSPS) is 11.4. The lowest BCUT2D eigenvalue weighted by atomic mass is 10.1. The summed E-state index contributed by atoms with van der Waals surface area (Å²) in [6.45, 7) is 4.34. The van der Waals surface area contributed by atoms with Crippen molar-refractivity contribution in [2.45, 2.75) is 39.4 Å². The van der Waals surface area contributed by atoms with E-state index in [9.17, 15) is 18.8 Å². The zero-order valence-corrected chi connectivity index (χ0v) is 19.7. The SMILES string of the molecule is COC=C(Oc1ccc(F)c(COC(=O)Cc2ccccc2)c1C(=O)OC(C)(C)C)C(=O)OC. The predicted molar refractivity (Wildman–Crippen MR) is 119 cm³/mol. The number of hydrogen-bond donors (Lipinski definition) is 0. The van der Waals surface area contributed by atoms with Gasteiger partial charge in [-0.2, -0.15) is 0 Å². The number of hydrogen-bond acceptors (Lipinski definition) is 8. The summed E-state index contributed by atoms with van der Waals surface area (Å²) in [5, 5.41) is 0. The third-order valence-corrected chi connectivity index (χ3v) is 4.22. The molecule has 0 saturated heterocycles.